The van der Waals surface area contributed by atoms with Gasteiger partial charge in [0, 0.05) is 18.7 Å². The maximum absolute atomic E-state index is 6.03. The van der Waals surface area contributed by atoms with E-state index >= 15 is 0 Å². The van der Waals surface area contributed by atoms with Gasteiger partial charge in [-0.3, -0.25) is 4.98 Å². The molecule has 1 saturated carbocycles. The van der Waals surface area contributed by atoms with Crippen LogP contribution in [0.4, 0.5) is 0 Å². The predicted molar refractivity (Wildman–Crippen MR) is 49.1 cm³/mol. The summed E-state index contributed by atoms with van der Waals surface area (Å²) in [5.41, 5.74) is 7.52. The van der Waals surface area contributed by atoms with E-state index in [2.05, 4.69) is 4.98 Å². The Morgan fingerprint density at radius 1 is 1.58 bits per heavy atom. The molecule has 2 rings (SSSR count). The summed E-state index contributed by atoms with van der Waals surface area (Å²) in [6.45, 7) is 0.512. The number of halogens is 1. The zero-order valence-corrected chi connectivity index (χ0v) is 7.51. The lowest BCUT2D eigenvalue weighted by atomic mass is 10.2. The number of nitrogens with two attached hydrogens (primary N) is 1. The Balaban J connectivity index is 2.32. The summed E-state index contributed by atoms with van der Waals surface area (Å²) >= 11 is 6.03. The Labute approximate surface area is 76.7 Å². The molecule has 12 heavy (non-hydrogen) atoms. The van der Waals surface area contributed by atoms with Crippen molar-refractivity contribution in [3.8, 4) is 0 Å². The van der Waals surface area contributed by atoms with Crippen molar-refractivity contribution in [2.24, 2.45) is 5.73 Å². The molecule has 1 aliphatic rings. The van der Waals surface area contributed by atoms with Crippen LogP contribution >= 0.6 is 11.6 Å². The molecule has 1 aromatic rings. The van der Waals surface area contributed by atoms with Gasteiger partial charge in [-0.1, -0.05) is 11.6 Å². The number of nitrogens with zero attached hydrogens (tertiary/aromatic N) is 1. The van der Waals surface area contributed by atoms with Crippen LogP contribution in [-0.2, 0) is 6.54 Å². The maximum Gasteiger partial charge on any atom is 0.0627 e. The van der Waals surface area contributed by atoms with E-state index in [1.807, 2.05) is 12.3 Å². The van der Waals surface area contributed by atoms with Gasteiger partial charge in [-0.05, 0) is 24.5 Å². The third-order valence-electron chi connectivity index (χ3n) is 2.13. The summed E-state index contributed by atoms with van der Waals surface area (Å²) in [6.07, 6.45) is 4.28. The van der Waals surface area contributed by atoms with Gasteiger partial charge in [-0.25, -0.2) is 0 Å². The highest BCUT2D eigenvalue weighted by molar-refractivity contribution is 6.31. The molecule has 0 aliphatic heterocycles. The van der Waals surface area contributed by atoms with E-state index < -0.39 is 0 Å². The minimum Gasteiger partial charge on any atom is -0.326 e. The summed E-state index contributed by atoms with van der Waals surface area (Å²) in [7, 11) is 0. The number of hydrogen-bond donors (Lipinski definition) is 1. The summed E-state index contributed by atoms with van der Waals surface area (Å²) in [5.74, 6) is 0.615. The Hall–Kier alpha value is -0.600. The first-order valence-corrected chi connectivity index (χ1v) is 4.53. The summed E-state index contributed by atoms with van der Waals surface area (Å²) in [4.78, 5) is 4.30. The smallest absolute Gasteiger partial charge is 0.0627 e. The highest BCUT2D eigenvalue weighted by Gasteiger charge is 2.27. The molecule has 0 amide bonds. The van der Waals surface area contributed by atoms with Gasteiger partial charge >= 0.3 is 0 Å². The molecule has 0 saturated heterocycles. The molecule has 0 radical (unpaired) electrons. The maximum atomic E-state index is 6.03. The van der Waals surface area contributed by atoms with Crippen LogP contribution < -0.4 is 5.73 Å². The Kier molecular flexibility index (Phi) is 2.03. The predicted octanol–water partition coefficient (Wildman–Crippen LogP) is 2.07. The molecular weight excluding hydrogens is 172 g/mol. The van der Waals surface area contributed by atoms with Crippen molar-refractivity contribution in [1.82, 2.24) is 4.98 Å². The summed E-state index contributed by atoms with van der Waals surface area (Å²) in [5, 5.41) is 0.778. The molecule has 0 spiro atoms. The van der Waals surface area contributed by atoms with Crippen LogP contribution in [0.1, 0.15) is 30.0 Å². The molecule has 0 bridgehead atoms. The largest absolute Gasteiger partial charge is 0.326 e. The monoisotopic (exact) mass is 182 g/mol. The fourth-order valence-corrected chi connectivity index (χ4v) is 1.60. The minimum atomic E-state index is 0.512. The minimum absolute atomic E-state index is 0.512. The van der Waals surface area contributed by atoms with Crippen molar-refractivity contribution in [2.75, 3.05) is 0 Å². The first-order valence-electron chi connectivity index (χ1n) is 4.15. The topological polar surface area (TPSA) is 38.9 Å². The second-order valence-corrected chi connectivity index (χ2v) is 3.60. The molecule has 2 nitrogen and oxygen atoms in total. The van der Waals surface area contributed by atoms with Gasteiger partial charge in [-0.2, -0.15) is 0 Å². The van der Waals surface area contributed by atoms with Gasteiger partial charge in [0.05, 0.1) is 10.7 Å². The summed E-state index contributed by atoms with van der Waals surface area (Å²) < 4.78 is 0. The zero-order chi connectivity index (χ0) is 8.55. The molecule has 1 fully saturated rings. The molecule has 3 heteroatoms. The van der Waals surface area contributed by atoms with E-state index in [9.17, 15) is 0 Å². The van der Waals surface area contributed by atoms with E-state index in [0.717, 1.165) is 16.3 Å². The zero-order valence-electron chi connectivity index (χ0n) is 6.76. The lowest BCUT2D eigenvalue weighted by Crippen LogP contribution is -1.98. The van der Waals surface area contributed by atoms with E-state index in [4.69, 9.17) is 17.3 Å². The standard InChI is InChI=1S/C9H11ClN2/c10-8-3-6(4-11)5-12-9(8)7-1-2-7/h3,5,7H,1-2,4,11H2. The molecular formula is C9H11ClN2. The van der Waals surface area contributed by atoms with Gasteiger partial charge < -0.3 is 5.73 Å². The van der Waals surface area contributed by atoms with Crippen molar-refractivity contribution in [3.05, 3.63) is 28.5 Å². The normalized spacial score (nSPS) is 16.5. The van der Waals surface area contributed by atoms with Crippen LogP contribution in [0.25, 0.3) is 0 Å². The first kappa shape index (κ1) is 8.02. The van der Waals surface area contributed by atoms with E-state index in [0.29, 0.717) is 12.5 Å². The van der Waals surface area contributed by atoms with E-state index in [1.165, 1.54) is 12.8 Å². The third-order valence-corrected chi connectivity index (χ3v) is 2.43. The lowest BCUT2D eigenvalue weighted by molar-refractivity contribution is 0.981. The Morgan fingerprint density at radius 2 is 2.33 bits per heavy atom. The van der Waals surface area contributed by atoms with Crippen LogP contribution in [0.2, 0.25) is 5.02 Å². The molecule has 0 atom stereocenters. The molecule has 1 aromatic heterocycles. The number of pyridine rings is 1. The molecule has 0 unspecified atom stereocenters. The molecule has 0 aromatic carbocycles. The quantitative estimate of drug-likeness (QED) is 0.761. The van der Waals surface area contributed by atoms with Crippen LogP contribution in [0.5, 0.6) is 0 Å². The average Bonchev–Trinajstić information content (AvgIpc) is 2.87. The van der Waals surface area contributed by atoms with E-state index in [1.54, 1.807) is 0 Å². The van der Waals surface area contributed by atoms with Gasteiger partial charge in [-0.15, -0.1) is 0 Å². The first-order chi connectivity index (χ1) is 5.81. The SMILES string of the molecule is NCc1cnc(C2CC2)c(Cl)c1. The Morgan fingerprint density at radius 3 is 2.83 bits per heavy atom. The van der Waals surface area contributed by atoms with Crippen molar-refractivity contribution >= 4 is 11.6 Å². The van der Waals surface area contributed by atoms with Gasteiger partial charge in [0.1, 0.15) is 0 Å². The third kappa shape index (κ3) is 1.45. The molecule has 64 valence electrons. The van der Waals surface area contributed by atoms with Gasteiger partial charge in [0.2, 0.25) is 0 Å². The highest BCUT2D eigenvalue weighted by Crippen LogP contribution is 2.41. The number of aromatic nitrogens is 1. The average molecular weight is 183 g/mol. The van der Waals surface area contributed by atoms with Crippen molar-refractivity contribution < 1.29 is 0 Å². The number of hydrogen-bond acceptors (Lipinski definition) is 2. The van der Waals surface area contributed by atoms with E-state index in [-0.39, 0.29) is 0 Å². The van der Waals surface area contributed by atoms with Crippen molar-refractivity contribution in [1.29, 1.82) is 0 Å². The van der Waals surface area contributed by atoms with Crippen LogP contribution in [0, 0.1) is 0 Å². The van der Waals surface area contributed by atoms with Gasteiger partial charge in [0.15, 0.2) is 0 Å². The van der Waals surface area contributed by atoms with Crippen molar-refractivity contribution in [2.45, 2.75) is 25.3 Å². The lowest BCUT2D eigenvalue weighted by Gasteiger charge is -2.02. The fraction of sp³-hybridized carbons (Fsp3) is 0.444. The second kappa shape index (κ2) is 3.04. The van der Waals surface area contributed by atoms with Crippen LogP contribution in [0.3, 0.4) is 0 Å². The second-order valence-electron chi connectivity index (χ2n) is 3.19. The van der Waals surface area contributed by atoms with Crippen LogP contribution in [-0.4, -0.2) is 4.98 Å². The summed E-state index contributed by atoms with van der Waals surface area (Å²) in [6, 6.07) is 1.92. The highest BCUT2D eigenvalue weighted by atomic mass is 35.5. The molecule has 1 heterocycles. The van der Waals surface area contributed by atoms with Crippen LogP contribution in [0.15, 0.2) is 12.3 Å². The Bertz CT molecular complexity index is 295. The molecule has 1 aliphatic carbocycles. The fourth-order valence-electron chi connectivity index (χ4n) is 1.26. The molecule has 2 N–H and O–H groups in total. The number of rotatable bonds is 2. The van der Waals surface area contributed by atoms with Gasteiger partial charge in [0.25, 0.3) is 0 Å². The van der Waals surface area contributed by atoms with Crippen molar-refractivity contribution in [3.63, 3.8) is 0 Å².